The van der Waals surface area contributed by atoms with Crippen LogP contribution in [0.25, 0.3) is 11.1 Å². The van der Waals surface area contributed by atoms with Crippen molar-refractivity contribution in [1.29, 1.82) is 0 Å². The van der Waals surface area contributed by atoms with Gasteiger partial charge >= 0.3 is 0 Å². The van der Waals surface area contributed by atoms with E-state index in [-0.39, 0.29) is 53.1 Å². The molecule has 0 saturated carbocycles. The van der Waals surface area contributed by atoms with E-state index in [1.54, 1.807) is 82.3 Å². The summed E-state index contributed by atoms with van der Waals surface area (Å²) in [5.41, 5.74) is 1.49. The number of phenols is 1. The number of aliphatic hydroxyl groups excluding tert-OH is 1. The van der Waals surface area contributed by atoms with Crippen molar-refractivity contribution in [3.05, 3.63) is 72.3 Å². The maximum Gasteiger partial charge on any atom is 0.123 e. The molecule has 0 spiro atoms. The molecule has 0 fully saturated rings. The average molecular weight is 489 g/mol. The molecule has 2 N–H and O–H groups in total. The maximum atomic E-state index is 12.5. The molecule has 0 heterocycles. The van der Waals surface area contributed by atoms with Gasteiger partial charge in [-0.3, -0.25) is 4.99 Å². The Hall–Kier alpha value is -2.81. The number of hydrogen-bond donors (Lipinski definition) is 2. The largest absolute Gasteiger partial charge is 2.00 e. The molecule has 3 aromatic carbocycles. The summed E-state index contributed by atoms with van der Waals surface area (Å²) < 4.78 is 0. The van der Waals surface area contributed by atoms with Crippen LogP contribution in [-0.2, 0) is 24.0 Å². The Bertz CT molecular complexity index is 965. The number of hydrogen-bond acceptors (Lipinski definition) is 6. The number of para-hydroxylation sites is 4. The summed E-state index contributed by atoms with van der Waals surface area (Å²) in [5, 5.41) is 51.7. The Kier molecular flexibility index (Phi) is 16.5. The third-order valence-corrected chi connectivity index (χ3v) is 3.45. The molecule has 3 aromatic rings. The van der Waals surface area contributed by atoms with Gasteiger partial charge in [0.15, 0.2) is 0 Å². The fraction of sp³-hybridized carbons (Fsp3) is 0.240. The topological polar surface area (TPSA) is 150 Å². The molecule has 8 heteroatoms. The number of nitrogens with zero attached hydrogens (tertiary/aromatic N) is 1. The summed E-state index contributed by atoms with van der Waals surface area (Å²) in [6.07, 6.45) is 0.794. The van der Waals surface area contributed by atoms with Crippen LogP contribution < -0.4 is 15.3 Å². The predicted octanol–water partition coefficient (Wildman–Crippen LogP) is 2.98. The van der Waals surface area contributed by atoms with Crippen molar-refractivity contribution in [3.63, 3.8) is 0 Å². The molecule has 0 aliphatic rings. The Balaban J connectivity index is 0. The van der Waals surface area contributed by atoms with Gasteiger partial charge in [0.25, 0.3) is 0 Å². The SMILES string of the molecule is CC(C)O.CC(C)[O-].[O-2].[O-]c1ccccc1N=Cc1cccc(-c2ccccc2O)c1[O-].[V]. The van der Waals surface area contributed by atoms with Gasteiger partial charge < -0.3 is 31.0 Å². The van der Waals surface area contributed by atoms with Crippen LogP contribution in [0.5, 0.6) is 17.2 Å². The van der Waals surface area contributed by atoms with Crippen LogP contribution in [0.4, 0.5) is 5.69 Å². The third-order valence-electron chi connectivity index (χ3n) is 3.45. The molecule has 0 atom stereocenters. The molecule has 33 heavy (non-hydrogen) atoms. The van der Waals surface area contributed by atoms with Crippen LogP contribution in [0.15, 0.2) is 71.7 Å². The van der Waals surface area contributed by atoms with Gasteiger partial charge in [0.2, 0.25) is 0 Å². The van der Waals surface area contributed by atoms with Crippen molar-refractivity contribution in [2.45, 2.75) is 39.9 Å². The molecular weight excluding hydrogens is 461 g/mol. The van der Waals surface area contributed by atoms with E-state index in [0.717, 1.165) is 0 Å². The monoisotopic (exact) mass is 489 g/mol. The van der Waals surface area contributed by atoms with Crippen LogP contribution in [-0.4, -0.2) is 28.6 Å². The Morgan fingerprint density at radius 2 is 1.30 bits per heavy atom. The quantitative estimate of drug-likeness (QED) is 0.542. The summed E-state index contributed by atoms with van der Waals surface area (Å²) in [7, 11) is 0. The van der Waals surface area contributed by atoms with Gasteiger partial charge in [-0.2, -0.15) is 0 Å². The van der Waals surface area contributed by atoms with Gasteiger partial charge in [-0.25, -0.2) is 0 Å². The summed E-state index contributed by atoms with van der Waals surface area (Å²) in [4.78, 5) is 4.09. The Morgan fingerprint density at radius 1 is 0.818 bits per heavy atom. The van der Waals surface area contributed by atoms with Crippen molar-refractivity contribution >= 4 is 11.9 Å². The zero-order valence-electron chi connectivity index (χ0n) is 19.0. The van der Waals surface area contributed by atoms with Crippen molar-refractivity contribution in [1.82, 2.24) is 0 Å². The second kappa shape index (κ2) is 16.8. The third kappa shape index (κ3) is 12.1. The molecule has 0 saturated heterocycles. The van der Waals surface area contributed by atoms with Crippen LogP contribution in [0.3, 0.4) is 0 Å². The minimum atomic E-state index is -0.417. The van der Waals surface area contributed by atoms with E-state index in [2.05, 4.69) is 4.99 Å². The number of phenolic OH excluding ortho intramolecular Hbond substituents is 1. The van der Waals surface area contributed by atoms with Crippen molar-refractivity contribution in [2.75, 3.05) is 0 Å². The first kappa shape index (κ1) is 32.4. The Morgan fingerprint density at radius 3 is 1.85 bits per heavy atom. The van der Waals surface area contributed by atoms with Gasteiger partial charge in [-0.05, 0) is 37.1 Å². The molecule has 0 bridgehead atoms. The van der Waals surface area contributed by atoms with E-state index >= 15 is 0 Å². The Labute approximate surface area is 206 Å². The minimum absolute atomic E-state index is 0. The van der Waals surface area contributed by atoms with Crippen LogP contribution in [0, 0.1) is 0 Å². The number of aliphatic hydroxyl groups is 1. The number of rotatable bonds is 3. The van der Waals surface area contributed by atoms with Crippen LogP contribution in [0.2, 0.25) is 0 Å². The minimum Gasteiger partial charge on any atom is -2.00 e. The van der Waals surface area contributed by atoms with Gasteiger partial charge in [0, 0.05) is 36.4 Å². The second-order valence-electron chi connectivity index (χ2n) is 7.11. The fourth-order valence-corrected chi connectivity index (χ4v) is 2.27. The summed E-state index contributed by atoms with van der Waals surface area (Å²) in [6.45, 7) is 6.67. The van der Waals surface area contributed by atoms with E-state index in [1.807, 2.05) is 0 Å². The number of benzene rings is 3. The molecule has 0 aromatic heterocycles. The molecule has 1 radical (unpaired) electrons. The first-order valence-electron chi connectivity index (χ1n) is 9.85. The van der Waals surface area contributed by atoms with Crippen molar-refractivity contribution in [2.24, 2.45) is 4.99 Å². The average Bonchev–Trinajstić information content (AvgIpc) is 2.68. The molecular formula is C25H28NO6V-5. The smallest absolute Gasteiger partial charge is 0.123 e. The summed E-state index contributed by atoms with van der Waals surface area (Å²) in [6, 6.07) is 18.0. The molecule has 3 rings (SSSR count). The molecule has 0 unspecified atom stereocenters. The zero-order chi connectivity index (χ0) is 23.4. The maximum absolute atomic E-state index is 12.5. The predicted molar refractivity (Wildman–Crippen MR) is 119 cm³/mol. The number of aliphatic imine (C=N–C) groups is 1. The second-order valence-corrected chi connectivity index (χ2v) is 7.11. The van der Waals surface area contributed by atoms with E-state index in [0.29, 0.717) is 16.7 Å². The van der Waals surface area contributed by atoms with Gasteiger partial charge in [-0.1, -0.05) is 79.9 Å². The van der Waals surface area contributed by atoms with E-state index in [1.165, 1.54) is 18.3 Å². The molecule has 0 aliphatic heterocycles. The first-order chi connectivity index (χ1) is 14.6. The molecule has 179 valence electrons. The molecule has 0 amide bonds. The molecule has 7 nitrogen and oxygen atoms in total. The van der Waals surface area contributed by atoms with Crippen molar-refractivity contribution < 1.29 is 49.6 Å². The fourth-order valence-electron chi connectivity index (χ4n) is 2.27. The normalized spacial score (nSPS) is 9.82. The van der Waals surface area contributed by atoms with E-state index in [9.17, 15) is 20.4 Å². The summed E-state index contributed by atoms with van der Waals surface area (Å²) in [5.74, 6) is -0.405. The zero-order valence-corrected chi connectivity index (χ0v) is 20.4. The number of aromatic hydroxyl groups is 1. The van der Waals surface area contributed by atoms with Crippen LogP contribution >= 0.6 is 0 Å². The standard InChI is InChI=1S/C19H15NO3.C3H8O.C3H7O.O.V/c21-17-10-3-1-7-14(17)15-8-5-6-13(19(15)23)12-20-16-9-2-4-11-18(16)22;2*1-3(2)4;;/h1-12,21-23H;3-4H,1-2H3;3H,1-2H3;;/q;;-1;-2;/p-2. The van der Waals surface area contributed by atoms with Crippen molar-refractivity contribution in [3.8, 4) is 28.4 Å². The van der Waals surface area contributed by atoms with E-state index < -0.39 is 6.10 Å². The van der Waals surface area contributed by atoms with Gasteiger partial charge in [0.1, 0.15) is 5.75 Å². The molecule has 0 aliphatic carbocycles. The van der Waals surface area contributed by atoms with Gasteiger partial charge in [0.05, 0.1) is 5.69 Å². The van der Waals surface area contributed by atoms with Crippen LogP contribution in [0.1, 0.15) is 33.3 Å². The van der Waals surface area contributed by atoms with Gasteiger partial charge in [-0.15, -0.1) is 6.10 Å². The summed E-state index contributed by atoms with van der Waals surface area (Å²) >= 11 is 0. The van der Waals surface area contributed by atoms with E-state index in [4.69, 9.17) is 5.11 Å². The first-order valence-corrected chi connectivity index (χ1v) is 9.85.